The van der Waals surface area contributed by atoms with Crippen molar-refractivity contribution in [3.8, 4) is 17.2 Å². The number of rotatable bonds is 10. The molecule has 9 nitrogen and oxygen atoms in total. The van der Waals surface area contributed by atoms with E-state index in [2.05, 4.69) is 16.0 Å². The minimum atomic E-state index is -0.372. The summed E-state index contributed by atoms with van der Waals surface area (Å²) in [5.41, 5.74) is 1.28. The van der Waals surface area contributed by atoms with Crippen LogP contribution in [0, 0.1) is 0 Å². The Bertz CT molecular complexity index is 902. The number of hydrogen-bond donors (Lipinski definition) is 3. The zero-order valence-electron chi connectivity index (χ0n) is 18.0. The molecule has 166 valence electrons. The quantitative estimate of drug-likeness (QED) is 0.499. The first-order chi connectivity index (χ1) is 14.9. The van der Waals surface area contributed by atoms with E-state index in [0.717, 1.165) is 0 Å². The van der Waals surface area contributed by atoms with E-state index in [4.69, 9.17) is 14.2 Å². The number of methoxy groups -OCH3 is 3. The fourth-order valence-corrected chi connectivity index (χ4v) is 2.73. The van der Waals surface area contributed by atoms with Gasteiger partial charge in [-0.15, -0.1) is 0 Å². The van der Waals surface area contributed by atoms with Crippen LogP contribution in [0.3, 0.4) is 0 Å². The Hall–Kier alpha value is -3.75. The zero-order valence-corrected chi connectivity index (χ0v) is 18.0. The topological polar surface area (TPSA) is 115 Å². The van der Waals surface area contributed by atoms with Gasteiger partial charge in [0.05, 0.1) is 21.3 Å². The van der Waals surface area contributed by atoms with Crippen molar-refractivity contribution in [2.75, 3.05) is 39.7 Å². The summed E-state index contributed by atoms with van der Waals surface area (Å²) in [5.74, 6) is 0.423. The third kappa shape index (κ3) is 6.36. The van der Waals surface area contributed by atoms with Crippen molar-refractivity contribution in [1.29, 1.82) is 0 Å². The summed E-state index contributed by atoms with van der Waals surface area (Å²) in [6.07, 6.45) is 0.400. The average molecular weight is 429 g/mol. The normalized spacial score (nSPS) is 10.1. The van der Waals surface area contributed by atoms with E-state index >= 15 is 0 Å². The maximum absolute atomic E-state index is 12.6. The van der Waals surface area contributed by atoms with Gasteiger partial charge in [0.25, 0.3) is 11.8 Å². The van der Waals surface area contributed by atoms with Crippen molar-refractivity contribution < 1.29 is 28.6 Å². The molecule has 9 heteroatoms. The van der Waals surface area contributed by atoms with Gasteiger partial charge in [0.2, 0.25) is 11.7 Å². The molecule has 2 aromatic rings. The molecule has 0 fully saturated rings. The van der Waals surface area contributed by atoms with Crippen LogP contribution in [0.4, 0.5) is 5.69 Å². The van der Waals surface area contributed by atoms with Gasteiger partial charge in [-0.3, -0.25) is 14.4 Å². The van der Waals surface area contributed by atoms with Gasteiger partial charge in [-0.2, -0.15) is 0 Å². The van der Waals surface area contributed by atoms with Gasteiger partial charge in [0, 0.05) is 36.3 Å². The summed E-state index contributed by atoms with van der Waals surface area (Å²) >= 11 is 0. The Labute approximate surface area is 181 Å². The Morgan fingerprint density at radius 1 is 0.774 bits per heavy atom. The summed E-state index contributed by atoms with van der Waals surface area (Å²) in [5, 5.41) is 8.17. The van der Waals surface area contributed by atoms with Gasteiger partial charge in [-0.05, 0) is 36.4 Å². The lowest BCUT2D eigenvalue weighted by Gasteiger charge is -2.14. The molecule has 31 heavy (non-hydrogen) atoms. The van der Waals surface area contributed by atoms with Crippen molar-refractivity contribution in [3.63, 3.8) is 0 Å². The van der Waals surface area contributed by atoms with Crippen LogP contribution in [0.25, 0.3) is 0 Å². The van der Waals surface area contributed by atoms with E-state index < -0.39 is 0 Å². The molecule has 0 atom stereocenters. The first-order valence-corrected chi connectivity index (χ1v) is 9.69. The van der Waals surface area contributed by atoms with Crippen molar-refractivity contribution in [1.82, 2.24) is 10.6 Å². The first kappa shape index (κ1) is 23.5. The standard InChI is InChI=1S/C22H27N3O6/c1-5-19(26)23-10-11-24-21(27)14-6-8-16(9-7-14)25-22(28)15-12-17(29-2)20(31-4)18(13-15)30-3/h6-9,12-13H,5,10-11H2,1-4H3,(H,23,26)(H,24,27)(H,25,28). The highest BCUT2D eigenvalue weighted by atomic mass is 16.5. The highest BCUT2D eigenvalue weighted by Crippen LogP contribution is 2.38. The first-order valence-electron chi connectivity index (χ1n) is 9.69. The van der Waals surface area contributed by atoms with Crippen molar-refractivity contribution in [3.05, 3.63) is 47.5 Å². The third-order valence-corrected chi connectivity index (χ3v) is 4.39. The second kappa shape index (κ2) is 11.4. The van der Waals surface area contributed by atoms with Crippen LogP contribution in [0.15, 0.2) is 36.4 Å². The van der Waals surface area contributed by atoms with E-state index in [-0.39, 0.29) is 17.7 Å². The predicted octanol–water partition coefficient (Wildman–Crippen LogP) is 2.22. The lowest BCUT2D eigenvalue weighted by molar-refractivity contribution is -0.120. The zero-order chi connectivity index (χ0) is 22.8. The van der Waals surface area contributed by atoms with E-state index in [1.54, 1.807) is 43.3 Å². The number of anilines is 1. The number of hydrogen-bond acceptors (Lipinski definition) is 6. The maximum Gasteiger partial charge on any atom is 0.255 e. The molecule has 0 saturated heterocycles. The van der Waals surface area contributed by atoms with Crippen LogP contribution in [0.2, 0.25) is 0 Å². The molecule has 0 unspecified atom stereocenters. The molecule has 0 radical (unpaired) electrons. The van der Waals surface area contributed by atoms with Gasteiger partial charge in [-0.25, -0.2) is 0 Å². The molecular formula is C22H27N3O6. The van der Waals surface area contributed by atoms with Gasteiger partial charge in [0.1, 0.15) is 0 Å². The molecular weight excluding hydrogens is 402 g/mol. The molecule has 0 bridgehead atoms. The van der Waals surface area contributed by atoms with Crippen LogP contribution in [0.1, 0.15) is 34.1 Å². The fourth-order valence-electron chi connectivity index (χ4n) is 2.73. The van der Waals surface area contributed by atoms with Crippen molar-refractivity contribution >= 4 is 23.4 Å². The second-order valence-corrected chi connectivity index (χ2v) is 6.40. The molecule has 0 spiro atoms. The van der Waals surface area contributed by atoms with E-state index in [1.807, 2.05) is 0 Å². The maximum atomic E-state index is 12.6. The van der Waals surface area contributed by atoms with Crippen LogP contribution >= 0.6 is 0 Å². The predicted molar refractivity (Wildman–Crippen MR) is 116 cm³/mol. The SMILES string of the molecule is CCC(=O)NCCNC(=O)c1ccc(NC(=O)c2cc(OC)c(OC)c(OC)c2)cc1. The van der Waals surface area contributed by atoms with E-state index in [1.165, 1.54) is 21.3 Å². The third-order valence-electron chi connectivity index (χ3n) is 4.39. The Balaban J connectivity index is 2.00. The molecule has 0 aliphatic heterocycles. The van der Waals surface area contributed by atoms with Crippen LogP contribution in [-0.2, 0) is 4.79 Å². The summed E-state index contributed by atoms with van der Waals surface area (Å²) < 4.78 is 15.8. The minimum Gasteiger partial charge on any atom is -0.493 e. The molecule has 2 rings (SSSR count). The molecule has 0 heterocycles. The highest BCUT2D eigenvalue weighted by Gasteiger charge is 2.17. The van der Waals surface area contributed by atoms with Crippen LogP contribution in [0.5, 0.6) is 17.2 Å². The summed E-state index contributed by atoms with van der Waals surface area (Å²) in [6.45, 7) is 2.45. The number of ether oxygens (including phenoxy) is 3. The number of amides is 3. The van der Waals surface area contributed by atoms with Crippen LogP contribution in [-0.4, -0.2) is 52.1 Å². The molecule has 0 aliphatic rings. The van der Waals surface area contributed by atoms with Gasteiger partial charge < -0.3 is 30.2 Å². The van der Waals surface area contributed by atoms with Crippen molar-refractivity contribution in [2.24, 2.45) is 0 Å². The fraction of sp³-hybridized carbons (Fsp3) is 0.318. The van der Waals surface area contributed by atoms with Crippen molar-refractivity contribution in [2.45, 2.75) is 13.3 Å². The van der Waals surface area contributed by atoms with Gasteiger partial charge in [-0.1, -0.05) is 6.92 Å². The molecule has 0 aromatic heterocycles. The average Bonchev–Trinajstić information content (AvgIpc) is 2.80. The number of nitrogens with one attached hydrogen (secondary N) is 3. The van der Waals surface area contributed by atoms with Gasteiger partial charge in [0.15, 0.2) is 11.5 Å². The highest BCUT2D eigenvalue weighted by molar-refractivity contribution is 6.05. The number of carbonyl (C=O) groups is 3. The minimum absolute atomic E-state index is 0.0681. The smallest absolute Gasteiger partial charge is 0.255 e. The molecule has 2 aromatic carbocycles. The molecule has 3 amide bonds. The molecule has 0 aliphatic carbocycles. The molecule has 0 saturated carbocycles. The second-order valence-electron chi connectivity index (χ2n) is 6.40. The lowest BCUT2D eigenvalue weighted by Crippen LogP contribution is -2.34. The monoisotopic (exact) mass is 429 g/mol. The molecule has 3 N–H and O–H groups in total. The number of carbonyl (C=O) groups excluding carboxylic acids is 3. The van der Waals surface area contributed by atoms with E-state index in [0.29, 0.717) is 53.6 Å². The Morgan fingerprint density at radius 2 is 1.35 bits per heavy atom. The largest absolute Gasteiger partial charge is 0.493 e. The summed E-state index contributed by atoms with van der Waals surface area (Å²) in [7, 11) is 4.43. The number of benzene rings is 2. The lowest BCUT2D eigenvalue weighted by atomic mass is 10.1. The summed E-state index contributed by atoms with van der Waals surface area (Å²) in [4.78, 5) is 36.0. The van der Waals surface area contributed by atoms with Gasteiger partial charge >= 0.3 is 0 Å². The Kier molecular flexibility index (Phi) is 8.68. The van der Waals surface area contributed by atoms with Crippen LogP contribution < -0.4 is 30.2 Å². The Morgan fingerprint density at radius 3 is 1.87 bits per heavy atom. The van der Waals surface area contributed by atoms with E-state index in [9.17, 15) is 14.4 Å². The summed E-state index contributed by atoms with van der Waals surface area (Å²) in [6, 6.07) is 9.56.